The SMILES string of the molecule is CCN(CC)CCCNC(=O)c1ccccc1Nc1cccc(C)c1. The molecule has 2 N–H and O–H groups in total. The van der Waals surface area contributed by atoms with Gasteiger partial charge in [0.05, 0.1) is 11.3 Å². The molecule has 0 saturated carbocycles. The molecule has 0 aliphatic carbocycles. The fourth-order valence-electron chi connectivity index (χ4n) is 2.81. The summed E-state index contributed by atoms with van der Waals surface area (Å²) in [4.78, 5) is 14.9. The van der Waals surface area contributed by atoms with Crippen LogP contribution in [0.25, 0.3) is 0 Å². The van der Waals surface area contributed by atoms with Crippen molar-refractivity contribution in [2.75, 3.05) is 31.5 Å². The molecule has 2 aromatic carbocycles. The lowest BCUT2D eigenvalue weighted by Gasteiger charge is -2.18. The van der Waals surface area contributed by atoms with Gasteiger partial charge in [-0.3, -0.25) is 4.79 Å². The summed E-state index contributed by atoms with van der Waals surface area (Å²) < 4.78 is 0. The summed E-state index contributed by atoms with van der Waals surface area (Å²) in [6, 6.07) is 15.8. The zero-order chi connectivity index (χ0) is 18.1. The van der Waals surface area contributed by atoms with Crippen molar-refractivity contribution >= 4 is 17.3 Å². The molecule has 4 heteroatoms. The fraction of sp³-hybridized carbons (Fsp3) is 0.381. The molecule has 0 unspecified atom stereocenters. The van der Waals surface area contributed by atoms with E-state index < -0.39 is 0 Å². The normalized spacial score (nSPS) is 10.7. The second-order valence-corrected chi connectivity index (χ2v) is 6.18. The largest absolute Gasteiger partial charge is 0.355 e. The van der Waals surface area contributed by atoms with E-state index in [0.29, 0.717) is 12.1 Å². The monoisotopic (exact) mass is 339 g/mol. The molecule has 0 aliphatic heterocycles. The Balaban J connectivity index is 1.96. The zero-order valence-corrected chi connectivity index (χ0v) is 15.5. The van der Waals surface area contributed by atoms with Crippen molar-refractivity contribution in [3.05, 3.63) is 59.7 Å². The van der Waals surface area contributed by atoms with Gasteiger partial charge < -0.3 is 15.5 Å². The predicted molar refractivity (Wildman–Crippen MR) is 106 cm³/mol. The van der Waals surface area contributed by atoms with Crippen LogP contribution < -0.4 is 10.6 Å². The van der Waals surface area contributed by atoms with Crippen LogP contribution in [0.1, 0.15) is 36.2 Å². The highest BCUT2D eigenvalue weighted by Gasteiger charge is 2.11. The van der Waals surface area contributed by atoms with E-state index >= 15 is 0 Å². The molecule has 25 heavy (non-hydrogen) atoms. The number of nitrogens with zero attached hydrogens (tertiary/aromatic N) is 1. The number of para-hydroxylation sites is 1. The number of amides is 1. The third-order valence-corrected chi connectivity index (χ3v) is 4.30. The summed E-state index contributed by atoms with van der Waals surface area (Å²) in [6.07, 6.45) is 0.959. The van der Waals surface area contributed by atoms with Gasteiger partial charge in [0.15, 0.2) is 0 Å². The number of benzene rings is 2. The molecule has 2 aromatic rings. The summed E-state index contributed by atoms with van der Waals surface area (Å²) >= 11 is 0. The van der Waals surface area contributed by atoms with Gasteiger partial charge in [-0.15, -0.1) is 0 Å². The van der Waals surface area contributed by atoms with E-state index in [1.54, 1.807) is 0 Å². The van der Waals surface area contributed by atoms with Gasteiger partial charge in [-0.2, -0.15) is 0 Å². The van der Waals surface area contributed by atoms with E-state index in [1.807, 2.05) is 36.4 Å². The molecule has 4 nitrogen and oxygen atoms in total. The van der Waals surface area contributed by atoms with Crippen LogP contribution in [-0.4, -0.2) is 37.0 Å². The molecule has 0 bridgehead atoms. The standard InChI is InChI=1S/C21H29N3O/c1-4-24(5-2)15-9-14-22-21(25)19-12-6-7-13-20(19)23-18-11-8-10-17(3)16-18/h6-8,10-13,16,23H,4-5,9,14-15H2,1-3H3,(H,22,25). The Morgan fingerprint density at radius 3 is 2.52 bits per heavy atom. The Hall–Kier alpha value is -2.33. The molecule has 1 amide bonds. The number of carbonyl (C=O) groups is 1. The van der Waals surface area contributed by atoms with E-state index in [0.717, 1.165) is 37.4 Å². The highest BCUT2D eigenvalue weighted by Crippen LogP contribution is 2.21. The maximum absolute atomic E-state index is 12.5. The minimum atomic E-state index is -0.0321. The Bertz CT molecular complexity index is 680. The zero-order valence-electron chi connectivity index (χ0n) is 15.5. The van der Waals surface area contributed by atoms with Gasteiger partial charge in [-0.05, 0) is 62.8 Å². The molecule has 0 aromatic heterocycles. The Morgan fingerprint density at radius 2 is 1.80 bits per heavy atom. The predicted octanol–water partition coefficient (Wildman–Crippen LogP) is 4.20. The molecule has 0 aliphatic rings. The topological polar surface area (TPSA) is 44.4 Å². The van der Waals surface area contributed by atoms with Gasteiger partial charge in [0.2, 0.25) is 0 Å². The van der Waals surface area contributed by atoms with Gasteiger partial charge in [-0.1, -0.05) is 38.1 Å². The van der Waals surface area contributed by atoms with E-state index in [9.17, 15) is 4.79 Å². The van der Waals surface area contributed by atoms with Crippen molar-refractivity contribution in [3.8, 4) is 0 Å². The van der Waals surface area contributed by atoms with Gasteiger partial charge >= 0.3 is 0 Å². The first-order chi connectivity index (χ1) is 12.1. The molecule has 0 spiro atoms. The summed E-state index contributed by atoms with van der Waals surface area (Å²) in [7, 11) is 0. The van der Waals surface area contributed by atoms with Crippen molar-refractivity contribution in [2.24, 2.45) is 0 Å². The van der Waals surface area contributed by atoms with Crippen LogP contribution in [0.4, 0.5) is 11.4 Å². The minimum Gasteiger partial charge on any atom is -0.355 e. The molecular formula is C21H29N3O. The van der Waals surface area contributed by atoms with E-state index in [2.05, 4.69) is 48.4 Å². The Labute approximate surface area is 151 Å². The molecule has 0 fully saturated rings. The lowest BCUT2D eigenvalue weighted by molar-refractivity contribution is 0.0952. The molecule has 0 atom stereocenters. The quantitative estimate of drug-likeness (QED) is 0.673. The van der Waals surface area contributed by atoms with Crippen LogP contribution in [0.15, 0.2) is 48.5 Å². The number of hydrogen-bond acceptors (Lipinski definition) is 3. The highest BCUT2D eigenvalue weighted by molar-refractivity contribution is 6.00. The van der Waals surface area contributed by atoms with Gasteiger partial charge in [0, 0.05) is 12.2 Å². The van der Waals surface area contributed by atoms with Crippen LogP contribution in [0.3, 0.4) is 0 Å². The van der Waals surface area contributed by atoms with Gasteiger partial charge in [0.25, 0.3) is 5.91 Å². The van der Waals surface area contributed by atoms with Gasteiger partial charge in [0.1, 0.15) is 0 Å². The number of carbonyl (C=O) groups excluding carboxylic acids is 1. The van der Waals surface area contributed by atoms with E-state index in [4.69, 9.17) is 0 Å². The van der Waals surface area contributed by atoms with Crippen molar-refractivity contribution in [1.82, 2.24) is 10.2 Å². The van der Waals surface area contributed by atoms with Crippen LogP contribution in [0.2, 0.25) is 0 Å². The summed E-state index contributed by atoms with van der Waals surface area (Å²) in [6.45, 7) is 10.2. The first kappa shape index (κ1) is 19.0. The Kier molecular flexibility index (Phi) is 7.48. The third kappa shape index (κ3) is 5.91. The van der Waals surface area contributed by atoms with Crippen LogP contribution in [-0.2, 0) is 0 Å². The number of anilines is 2. The third-order valence-electron chi connectivity index (χ3n) is 4.30. The second kappa shape index (κ2) is 9.84. The minimum absolute atomic E-state index is 0.0321. The van der Waals surface area contributed by atoms with Crippen molar-refractivity contribution < 1.29 is 4.79 Å². The number of hydrogen-bond donors (Lipinski definition) is 2. The maximum atomic E-state index is 12.5. The second-order valence-electron chi connectivity index (χ2n) is 6.18. The highest BCUT2D eigenvalue weighted by atomic mass is 16.1. The van der Waals surface area contributed by atoms with Crippen molar-refractivity contribution in [3.63, 3.8) is 0 Å². The molecule has 134 valence electrons. The summed E-state index contributed by atoms with van der Waals surface area (Å²) in [5, 5.41) is 6.39. The molecule has 0 saturated heterocycles. The average molecular weight is 339 g/mol. The van der Waals surface area contributed by atoms with Gasteiger partial charge in [-0.25, -0.2) is 0 Å². The number of nitrogens with one attached hydrogen (secondary N) is 2. The Morgan fingerprint density at radius 1 is 1.04 bits per heavy atom. The molecule has 0 heterocycles. The summed E-state index contributed by atoms with van der Waals surface area (Å²) in [5.74, 6) is -0.0321. The fourth-order valence-corrected chi connectivity index (χ4v) is 2.81. The molecule has 2 rings (SSSR count). The van der Waals surface area contributed by atoms with E-state index in [1.165, 1.54) is 5.56 Å². The summed E-state index contributed by atoms with van der Waals surface area (Å²) in [5.41, 5.74) is 3.67. The first-order valence-electron chi connectivity index (χ1n) is 9.07. The smallest absolute Gasteiger partial charge is 0.253 e. The molecule has 0 radical (unpaired) electrons. The van der Waals surface area contributed by atoms with Crippen LogP contribution in [0.5, 0.6) is 0 Å². The van der Waals surface area contributed by atoms with Crippen LogP contribution >= 0.6 is 0 Å². The van der Waals surface area contributed by atoms with Crippen molar-refractivity contribution in [1.29, 1.82) is 0 Å². The van der Waals surface area contributed by atoms with Crippen molar-refractivity contribution in [2.45, 2.75) is 27.2 Å². The lowest BCUT2D eigenvalue weighted by Crippen LogP contribution is -2.30. The van der Waals surface area contributed by atoms with E-state index in [-0.39, 0.29) is 5.91 Å². The molecular weight excluding hydrogens is 310 g/mol. The first-order valence-corrected chi connectivity index (χ1v) is 9.07. The number of rotatable bonds is 9. The lowest BCUT2D eigenvalue weighted by atomic mass is 10.1. The maximum Gasteiger partial charge on any atom is 0.253 e. The average Bonchev–Trinajstić information content (AvgIpc) is 2.62. The van der Waals surface area contributed by atoms with Crippen LogP contribution in [0, 0.1) is 6.92 Å². The number of aryl methyl sites for hydroxylation is 1.